The first-order chi connectivity index (χ1) is 8.72. The summed E-state index contributed by atoms with van der Waals surface area (Å²) in [5.74, 6) is 0.834. The first-order valence-electron chi connectivity index (χ1n) is 6.52. The van der Waals surface area contributed by atoms with Gasteiger partial charge in [0.2, 0.25) is 5.89 Å². The standard InChI is InChI=1S/C14H19N3O/c1-10-7-11(2)14-12(8-10)16-13(18-14)9-17-5-3-15-4-6-17/h7-8,15H,3-6,9H2,1-2H3. The van der Waals surface area contributed by atoms with E-state index >= 15 is 0 Å². The second-order valence-corrected chi connectivity index (χ2v) is 5.06. The summed E-state index contributed by atoms with van der Waals surface area (Å²) in [6, 6.07) is 4.23. The van der Waals surface area contributed by atoms with Crippen LogP contribution in [0, 0.1) is 13.8 Å². The fraction of sp³-hybridized carbons (Fsp3) is 0.500. The van der Waals surface area contributed by atoms with Crippen molar-refractivity contribution in [3.63, 3.8) is 0 Å². The Hall–Kier alpha value is -1.39. The predicted molar refractivity (Wildman–Crippen MR) is 71.6 cm³/mol. The fourth-order valence-corrected chi connectivity index (χ4v) is 2.55. The molecule has 1 saturated heterocycles. The Balaban J connectivity index is 1.86. The van der Waals surface area contributed by atoms with Gasteiger partial charge in [-0.3, -0.25) is 4.90 Å². The van der Waals surface area contributed by atoms with E-state index in [1.54, 1.807) is 0 Å². The van der Waals surface area contributed by atoms with Crippen LogP contribution in [0.1, 0.15) is 17.0 Å². The topological polar surface area (TPSA) is 41.3 Å². The lowest BCUT2D eigenvalue weighted by atomic mass is 10.1. The molecule has 1 aromatic carbocycles. The normalized spacial score (nSPS) is 17.4. The summed E-state index contributed by atoms with van der Waals surface area (Å²) in [4.78, 5) is 6.98. The molecule has 1 aliphatic rings. The molecule has 0 unspecified atom stereocenters. The molecule has 4 heteroatoms. The second kappa shape index (κ2) is 4.71. The van der Waals surface area contributed by atoms with Gasteiger partial charge >= 0.3 is 0 Å². The molecule has 0 atom stereocenters. The first-order valence-corrected chi connectivity index (χ1v) is 6.52. The van der Waals surface area contributed by atoms with Gasteiger partial charge in [0, 0.05) is 26.2 Å². The van der Waals surface area contributed by atoms with Crippen LogP contribution in [0.15, 0.2) is 16.5 Å². The molecule has 1 aliphatic heterocycles. The third kappa shape index (κ3) is 2.26. The lowest BCUT2D eigenvalue weighted by molar-refractivity contribution is 0.214. The lowest BCUT2D eigenvalue weighted by Crippen LogP contribution is -2.42. The molecular formula is C14H19N3O. The Bertz CT molecular complexity index is 555. The molecule has 0 bridgehead atoms. The van der Waals surface area contributed by atoms with Crippen molar-refractivity contribution in [2.24, 2.45) is 0 Å². The largest absolute Gasteiger partial charge is 0.439 e. The number of benzene rings is 1. The van der Waals surface area contributed by atoms with E-state index in [1.807, 2.05) is 0 Å². The second-order valence-electron chi connectivity index (χ2n) is 5.06. The highest BCUT2D eigenvalue weighted by atomic mass is 16.3. The highest BCUT2D eigenvalue weighted by Crippen LogP contribution is 2.22. The Morgan fingerprint density at radius 3 is 2.83 bits per heavy atom. The molecule has 1 aromatic heterocycles. The van der Waals surface area contributed by atoms with Gasteiger partial charge in [-0.1, -0.05) is 6.07 Å². The highest BCUT2D eigenvalue weighted by Gasteiger charge is 2.14. The van der Waals surface area contributed by atoms with E-state index in [0.29, 0.717) is 0 Å². The molecule has 0 amide bonds. The van der Waals surface area contributed by atoms with Crippen molar-refractivity contribution in [2.45, 2.75) is 20.4 Å². The molecule has 2 heterocycles. The van der Waals surface area contributed by atoms with Crippen LogP contribution in [0.3, 0.4) is 0 Å². The van der Waals surface area contributed by atoms with Crippen molar-refractivity contribution >= 4 is 11.1 Å². The third-order valence-electron chi connectivity index (χ3n) is 3.43. The number of aromatic nitrogens is 1. The quantitative estimate of drug-likeness (QED) is 0.876. The van der Waals surface area contributed by atoms with Gasteiger partial charge in [-0.2, -0.15) is 0 Å². The molecule has 3 rings (SSSR count). The number of nitrogens with one attached hydrogen (secondary N) is 1. The summed E-state index contributed by atoms with van der Waals surface area (Å²) in [5, 5.41) is 3.35. The number of rotatable bonds is 2. The van der Waals surface area contributed by atoms with Crippen molar-refractivity contribution in [1.29, 1.82) is 0 Å². The Kier molecular flexibility index (Phi) is 3.06. The summed E-state index contributed by atoms with van der Waals surface area (Å²) in [7, 11) is 0. The molecule has 0 spiro atoms. The molecule has 1 fully saturated rings. The zero-order chi connectivity index (χ0) is 12.5. The molecule has 0 radical (unpaired) electrons. The summed E-state index contributed by atoms with van der Waals surface area (Å²) in [6.07, 6.45) is 0. The summed E-state index contributed by atoms with van der Waals surface area (Å²) >= 11 is 0. The predicted octanol–water partition coefficient (Wildman–Crippen LogP) is 1.85. The van der Waals surface area contributed by atoms with Crippen LogP contribution in [-0.2, 0) is 6.54 Å². The molecular weight excluding hydrogens is 226 g/mol. The number of hydrogen-bond donors (Lipinski definition) is 1. The van der Waals surface area contributed by atoms with Crippen molar-refractivity contribution in [3.05, 3.63) is 29.2 Å². The van der Waals surface area contributed by atoms with Crippen LogP contribution < -0.4 is 5.32 Å². The average molecular weight is 245 g/mol. The van der Waals surface area contributed by atoms with E-state index in [0.717, 1.165) is 49.7 Å². The van der Waals surface area contributed by atoms with Crippen molar-refractivity contribution < 1.29 is 4.42 Å². The fourth-order valence-electron chi connectivity index (χ4n) is 2.55. The molecule has 18 heavy (non-hydrogen) atoms. The smallest absolute Gasteiger partial charge is 0.209 e. The van der Waals surface area contributed by atoms with Gasteiger partial charge in [0.1, 0.15) is 5.52 Å². The molecule has 0 aliphatic carbocycles. The molecule has 0 saturated carbocycles. The van der Waals surface area contributed by atoms with E-state index in [-0.39, 0.29) is 0 Å². The number of nitrogens with zero attached hydrogens (tertiary/aromatic N) is 2. The van der Waals surface area contributed by atoms with Crippen LogP contribution in [-0.4, -0.2) is 36.1 Å². The average Bonchev–Trinajstić information content (AvgIpc) is 2.73. The van der Waals surface area contributed by atoms with Gasteiger partial charge in [0.15, 0.2) is 5.58 Å². The monoisotopic (exact) mass is 245 g/mol. The molecule has 2 aromatic rings. The highest BCUT2D eigenvalue weighted by molar-refractivity contribution is 5.77. The summed E-state index contributed by atoms with van der Waals surface area (Å²) in [6.45, 7) is 9.23. The maximum Gasteiger partial charge on any atom is 0.209 e. The summed E-state index contributed by atoms with van der Waals surface area (Å²) in [5.41, 5.74) is 4.33. The first kappa shape index (κ1) is 11.7. The maximum atomic E-state index is 5.88. The Morgan fingerprint density at radius 1 is 1.28 bits per heavy atom. The molecule has 1 N–H and O–H groups in total. The molecule has 96 valence electrons. The SMILES string of the molecule is Cc1cc(C)c2oc(CN3CCNCC3)nc2c1. The van der Waals surface area contributed by atoms with E-state index in [9.17, 15) is 0 Å². The van der Waals surface area contributed by atoms with Gasteiger partial charge in [0.05, 0.1) is 6.54 Å². The van der Waals surface area contributed by atoms with Crippen LogP contribution in [0.25, 0.3) is 11.1 Å². The van der Waals surface area contributed by atoms with E-state index in [4.69, 9.17) is 4.42 Å². The Labute approximate surface area is 107 Å². The van der Waals surface area contributed by atoms with Gasteiger partial charge in [-0.05, 0) is 31.0 Å². The third-order valence-corrected chi connectivity index (χ3v) is 3.43. The van der Waals surface area contributed by atoms with E-state index < -0.39 is 0 Å². The van der Waals surface area contributed by atoms with Gasteiger partial charge in [-0.25, -0.2) is 4.98 Å². The van der Waals surface area contributed by atoms with E-state index in [1.165, 1.54) is 11.1 Å². The number of fused-ring (bicyclic) bond motifs is 1. The minimum absolute atomic E-state index is 0.814. The van der Waals surface area contributed by atoms with Crippen molar-refractivity contribution in [3.8, 4) is 0 Å². The minimum Gasteiger partial charge on any atom is -0.439 e. The van der Waals surface area contributed by atoms with Crippen molar-refractivity contribution in [1.82, 2.24) is 15.2 Å². The number of oxazole rings is 1. The van der Waals surface area contributed by atoms with Crippen molar-refractivity contribution in [2.75, 3.05) is 26.2 Å². The molecule has 4 nitrogen and oxygen atoms in total. The van der Waals surface area contributed by atoms with Gasteiger partial charge in [-0.15, -0.1) is 0 Å². The van der Waals surface area contributed by atoms with Crippen LogP contribution >= 0.6 is 0 Å². The van der Waals surface area contributed by atoms with Crippen LogP contribution in [0.4, 0.5) is 0 Å². The number of aryl methyl sites for hydroxylation is 2. The van der Waals surface area contributed by atoms with Gasteiger partial charge < -0.3 is 9.73 Å². The summed E-state index contributed by atoms with van der Waals surface area (Å²) < 4.78 is 5.88. The zero-order valence-corrected chi connectivity index (χ0v) is 11.0. The van der Waals surface area contributed by atoms with E-state index in [2.05, 4.69) is 41.2 Å². The van der Waals surface area contributed by atoms with Crippen LogP contribution in [0.5, 0.6) is 0 Å². The maximum absolute atomic E-state index is 5.88. The minimum atomic E-state index is 0.814. The van der Waals surface area contributed by atoms with Crippen LogP contribution in [0.2, 0.25) is 0 Å². The zero-order valence-electron chi connectivity index (χ0n) is 11.0. The van der Waals surface area contributed by atoms with Gasteiger partial charge in [0.25, 0.3) is 0 Å². The Morgan fingerprint density at radius 2 is 2.06 bits per heavy atom. The number of piperazine rings is 1. The number of hydrogen-bond acceptors (Lipinski definition) is 4. The lowest BCUT2D eigenvalue weighted by Gasteiger charge is -2.25.